The maximum absolute atomic E-state index is 5.82. The fourth-order valence-corrected chi connectivity index (χ4v) is 2.71. The molecule has 2 unspecified atom stereocenters. The molecule has 0 amide bonds. The Bertz CT molecular complexity index is 201. The Kier molecular flexibility index (Phi) is 5.71. The van der Waals surface area contributed by atoms with Crippen molar-refractivity contribution >= 4 is 0 Å². The lowest BCUT2D eigenvalue weighted by molar-refractivity contribution is -0.105. The molecule has 100 valence electrons. The van der Waals surface area contributed by atoms with Crippen molar-refractivity contribution in [2.45, 2.75) is 38.3 Å². The second-order valence-electron chi connectivity index (χ2n) is 4.94. The molecule has 0 aliphatic carbocycles. The van der Waals surface area contributed by atoms with Gasteiger partial charge in [0, 0.05) is 19.3 Å². The van der Waals surface area contributed by atoms with E-state index in [1.165, 1.54) is 19.3 Å². The van der Waals surface area contributed by atoms with E-state index in [0.717, 1.165) is 45.5 Å². The Morgan fingerprint density at radius 1 is 1.12 bits per heavy atom. The second kappa shape index (κ2) is 7.31. The number of hydrogen-bond acceptors (Lipinski definition) is 4. The van der Waals surface area contributed by atoms with Gasteiger partial charge < -0.3 is 19.5 Å². The Balaban J connectivity index is 1.81. The molecule has 0 bridgehead atoms. The highest BCUT2D eigenvalue weighted by Crippen LogP contribution is 2.22. The lowest BCUT2D eigenvalue weighted by Gasteiger charge is -2.34. The third-order valence-corrected chi connectivity index (χ3v) is 3.68. The first-order chi connectivity index (χ1) is 8.40. The summed E-state index contributed by atoms with van der Waals surface area (Å²) in [5.41, 5.74) is 0. The van der Waals surface area contributed by atoms with Gasteiger partial charge in [0.2, 0.25) is 0 Å². The quantitative estimate of drug-likeness (QED) is 0.787. The lowest BCUT2D eigenvalue weighted by Crippen LogP contribution is -2.47. The van der Waals surface area contributed by atoms with E-state index >= 15 is 0 Å². The molecule has 2 aliphatic heterocycles. The van der Waals surface area contributed by atoms with Crippen molar-refractivity contribution in [1.82, 2.24) is 5.32 Å². The maximum Gasteiger partial charge on any atom is 0.0962 e. The molecule has 0 aromatic rings. The highest BCUT2D eigenvalue weighted by atomic mass is 16.6. The van der Waals surface area contributed by atoms with E-state index in [0.29, 0.717) is 6.04 Å². The fraction of sp³-hybridized carbons (Fsp3) is 1.00. The summed E-state index contributed by atoms with van der Waals surface area (Å²) < 4.78 is 16.7. The first-order valence-electron chi connectivity index (χ1n) is 6.90. The van der Waals surface area contributed by atoms with E-state index in [1.807, 2.05) is 0 Å². The van der Waals surface area contributed by atoms with E-state index in [1.54, 1.807) is 0 Å². The van der Waals surface area contributed by atoms with Crippen molar-refractivity contribution in [3.8, 4) is 0 Å². The van der Waals surface area contributed by atoms with Crippen LogP contribution in [0.5, 0.6) is 0 Å². The minimum absolute atomic E-state index is 0.228. The molecular formula is C13H25NO3. The molecule has 0 aromatic heterocycles. The van der Waals surface area contributed by atoms with Crippen LogP contribution in [0, 0.1) is 5.92 Å². The first kappa shape index (κ1) is 13.3. The largest absolute Gasteiger partial charge is 0.381 e. The normalized spacial score (nSPS) is 29.1. The van der Waals surface area contributed by atoms with Gasteiger partial charge in [0.1, 0.15) is 0 Å². The summed E-state index contributed by atoms with van der Waals surface area (Å²) in [6, 6.07) is 0.434. The molecule has 0 radical (unpaired) electrons. The maximum atomic E-state index is 5.82. The fourth-order valence-electron chi connectivity index (χ4n) is 2.71. The van der Waals surface area contributed by atoms with E-state index < -0.39 is 0 Å². The summed E-state index contributed by atoms with van der Waals surface area (Å²) in [5.74, 6) is 0.776. The van der Waals surface area contributed by atoms with Crippen LogP contribution in [0.25, 0.3) is 0 Å². The molecule has 4 heteroatoms. The summed E-state index contributed by atoms with van der Waals surface area (Å²) in [6.07, 6.45) is 3.79. The van der Waals surface area contributed by atoms with Gasteiger partial charge in [0.05, 0.1) is 25.9 Å². The van der Waals surface area contributed by atoms with E-state index in [2.05, 4.69) is 12.2 Å². The summed E-state index contributed by atoms with van der Waals surface area (Å²) >= 11 is 0. The Morgan fingerprint density at radius 3 is 2.59 bits per heavy atom. The second-order valence-corrected chi connectivity index (χ2v) is 4.94. The minimum atomic E-state index is 0.228. The van der Waals surface area contributed by atoms with Crippen molar-refractivity contribution in [1.29, 1.82) is 0 Å². The van der Waals surface area contributed by atoms with E-state index in [-0.39, 0.29) is 6.10 Å². The van der Waals surface area contributed by atoms with Crippen LogP contribution < -0.4 is 5.32 Å². The van der Waals surface area contributed by atoms with Gasteiger partial charge in [-0.25, -0.2) is 0 Å². The van der Waals surface area contributed by atoms with Crippen LogP contribution in [0.1, 0.15) is 26.2 Å². The average Bonchev–Trinajstić information content (AvgIpc) is 2.40. The van der Waals surface area contributed by atoms with Crippen LogP contribution in [0.2, 0.25) is 0 Å². The number of hydrogen-bond donors (Lipinski definition) is 1. The zero-order valence-corrected chi connectivity index (χ0v) is 10.8. The molecule has 2 fully saturated rings. The summed E-state index contributed by atoms with van der Waals surface area (Å²) in [7, 11) is 0. The molecule has 2 saturated heterocycles. The van der Waals surface area contributed by atoms with Crippen LogP contribution >= 0.6 is 0 Å². The molecule has 0 saturated carbocycles. The van der Waals surface area contributed by atoms with Gasteiger partial charge in [-0.3, -0.25) is 0 Å². The Hall–Kier alpha value is -0.160. The molecule has 2 aliphatic rings. The Labute approximate surface area is 104 Å². The summed E-state index contributed by atoms with van der Waals surface area (Å²) in [4.78, 5) is 0. The van der Waals surface area contributed by atoms with Crippen molar-refractivity contribution in [3.63, 3.8) is 0 Å². The average molecular weight is 243 g/mol. The molecule has 2 rings (SSSR count). The number of nitrogens with one attached hydrogen (secondary N) is 1. The number of ether oxygens (including phenoxy) is 3. The highest BCUT2D eigenvalue weighted by molar-refractivity contribution is 4.82. The third-order valence-electron chi connectivity index (χ3n) is 3.68. The van der Waals surface area contributed by atoms with Gasteiger partial charge in [0.25, 0.3) is 0 Å². The molecule has 0 aromatic carbocycles. The van der Waals surface area contributed by atoms with Gasteiger partial charge >= 0.3 is 0 Å². The van der Waals surface area contributed by atoms with E-state index in [9.17, 15) is 0 Å². The molecule has 0 spiro atoms. The monoisotopic (exact) mass is 243 g/mol. The van der Waals surface area contributed by atoms with Crippen molar-refractivity contribution in [2.24, 2.45) is 5.92 Å². The molecule has 2 heterocycles. The highest BCUT2D eigenvalue weighted by Gasteiger charge is 2.27. The third kappa shape index (κ3) is 4.21. The van der Waals surface area contributed by atoms with Gasteiger partial charge in [-0.2, -0.15) is 0 Å². The Morgan fingerprint density at radius 2 is 1.94 bits per heavy atom. The van der Waals surface area contributed by atoms with Crippen molar-refractivity contribution in [2.75, 3.05) is 39.6 Å². The predicted molar refractivity (Wildman–Crippen MR) is 66.2 cm³/mol. The van der Waals surface area contributed by atoms with Gasteiger partial charge in [-0.05, 0) is 31.7 Å². The topological polar surface area (TPSA) is 39.7 Å². The van der Waals surface area contributed by atoms with Crippen LogP contribution in [0.3, 0.4) is 0 Å². The minimum Gasteiger partial charge on any atom is -0.381 e. The van der Waals surface area contributed by atoms with Gasteiger partial charge in [-0.1, -0.05) is 6.92 Å². The van der Waals surface area contributed by atoms with Crippen LogP contribution in [0.4, 0.5) is 0 Å². The summed E-state index contributed by atoms with van der Waals surface area (Å²) in [6.45, 7) is 7.21. The van der Waals surface area contributed by atoms with Crippen LogP contribution in [-0.4, -0.2) is 51.7 Å². The zero-order chi connectivity index (χ0) is 11.9. The molecular weight excluding hydrogens is 218 g/mol. The molecule has 17 heavy (non-hydrogen) atoms. The van der Waals surface area contributed by atoms with Crippen molar-refractivity contribution in [3.05, 3.63) is 0 Å². The SMILES string of the molecule is CCNC(CC1CCOCC1)C1COCCO1. The number of rotatable bonds is 5. The van der Waals surface area contributed by atoms with Gasteiger partial charge in [-0.15, -0.1) is 0 Å². The van der Waals surface area contributed by atoms with E-state index in [4.69, 9.17) is 14.2 Å². The number of likely N-dealkylation sites (N-methyl/N-ethyl adjacent to an activating group) is 1. The van der Waals surface area contributed by atoms with Crippen LogP contribution in [0.15, 0.2) is 0 Å². The standard InChI is InChI=1S/C13H25NO3/c1-2-14-12(13-10-16-7-8-17-13)9-11-3-5-15-6-4-11/h11-14H,2-10H2,1H3. The van der Waals surface area contributed by atoms with Crippen molar-refractivity contribution < 1.29 is 14.2 Å². The zero-order valence-electron chi connectivity index (χ0n) is 10.8. The molecule has 2 atom stereocenters. The molecule has 4 nitrogen and oxygen atoms in total. The molecule has 1 N–H and O–H groups in total. The van der Waals surface area contributed by atoms with Crippen LogP contribution in [-0.2, 0) is 14.2 Å². The smallest absolute Gasteiger partial charge is 0.0962 e. The lowest BCUT2D eigenvalue weighted by atomic mass is 9.90. The van der Waals surface area contributed by atoms with Gasteiger partial charge in [0.15, 0.2) is 0 Å². The predicted octanol–water partition coefficient (Wildman–Crippen LogP) is 1.20. The first-order valence-corrected chi connectivity index (χ1v) is 6.90. The summed E-state index contributed by atoms with van der Waals surface area (Å²) in [5, 5.41) is 3.55.